The van der Waals surface area contributed by atoms with Gasteiger partial charge in [0.05, 0.1) is 31.9 Å². The molecule has 0 aliphatic carbocycles. The Hall–Kier alpha value is -3.24. The summed E-state index contributed by atoms with van der Waals surface area (Å²) in [7, 11) is -1.36. The van der Waals surface area contributed by atoms with Gasteiger partial charge in [0.25, 0.3) is 5.91 Å². The van der Waals surface area contributed by atoms with E-state index in [1.807, 2.05) is 68.5 Å². The van der Waals surface area contributed by atoms with Crippen LogP contribution < -0.4 is 9.64 Å². The third-order valence-corrected chi connectivity index (χ3v) is 11.7. The monoisotopic (exact) mass is 634 g/mol. The van der Waals surface area contributed by atoms with Crippen LogP contribution in [0, 0.1) is 5.92 Å². The standard InChI is InChI=1S/C36H50N2O6Si/c1-25(2)12-11-13-26(3)18-19-38-31-17-16-29(43-5)22-30(31)36(35(38)41)27(4)34(45(6,7)42)32(44-36)23-33(40)37(20-21-39)24-28-14-9-8-10-15-28/h8-10,12,14-18,22,27,32,34,39,42H,11,13,19-21,23-24H2,1-7H3/b26-18+/t27-,32+,34-,36+/m0/s1. The largest absolute Gasteiger partial charge is 0.497 e. The minimum absolute atomic E-state index is 0.00344. The minimum Gasteiger partial charge on any atom is -0.497 e. The lowest BCUT2D eigenvalue weighted by Crippen LogP contribution is -2.46. The van der Waals surface area contributed by atoms with Crippen molar-refractivity contribution in [2.45, 2.75) is 83.8 Å². The van der Waals surface area contributed by atoms with Gasteiger partial charge in [0.1, 0.15) is 5.75 Å². The van der Waals surface area contributed by atoms with Crippen LogP contribution in [0.15, 0.2) is 71.8 Å². The lowest BCUT2D eigenvalue weighted by atomic mass is 9.82. The summed E-state index contributed by atoms with van der Waals surface area (Å²) < 4.78 is 12.4. The Morgan fingerprint density at radius 1 is 1.13 bits per heavy atom. The van der Waals surface area contributed by atoms with Crippen LogP contribution in [-0.4, -0.2) is 67.8 Å². The zero-order chi connectivity index (χ0) is 32.9. The third-order valence-electron chi connectivity index (χ3n) is 9.22. The Morgan fingerprint density at radius 2 is 1.84 bits per heavy atom. The normalized spacial score (nSPS) is 23.0. The van der Waals surface area contributed by atoms with Crippen LogP contribution >= 0.6 is 0 Å². The second-order valence-corrected chi connectivity index (χ2v) is 17.2. The highest BCUT2D eigenvalue weighted by Crippen LogP contribution is 2.60. The summed E-state index contributed by atoms with van der Waals surface area (Å²) >= 11 is 0. The van der Waals surface area contributed by atoms with Crippen molar-refractivity contribution in [1.29, 1.82) is 0 Å². The zero-order valence-corrected chi connectivity index (χ0v) is 28.9. The molecule has 2 aliphatic heterocycles. The summed E-state index contributed by atoms with van der Waals surface area (Å²) in [6.07, 6.45) is 5.48. The van der Waals surface area contributed by atoms with E-state index in [9.17, 15) is 19.5 Å². The van der Waals surface area contributed by atoms with Gasteiger partial charge in [-0.1, -0.05) is 60.6 Å². The number of ether oxygens (including phenoxy) is 2. The first-order valence-corrected chi connectivity index (χ1v) is 19.0. The molecule has 244 valence electrons. The van der Waals surface area contributed by atoms with Crippen LogP contribution in [0.1, 0.15) is 58.1 Å². The first kappa shape index (κ1) is 34.6. The summed E-state index contributed by atoms with van der Waals surface area (Å²) in [5.41, 5.74) is 3.16. The molecule has 0 radical (unpaired) electrons. The second kappa shape index (κ2) is 14.5. The molecule has 0 aromatic heterocycles. The third kappa shape index (κ3) is 7.43. The molecule has 4 rings (SSSR count). The van der Waals surface area contributed by atoms with E-state index in [0.717, 1.165) is 24.1 Å². The molecule has 0 bridgehead atoms. The van der Waals surface area contributed by atoms with Crippen molar-refractivity contribution >= 4 is 25.8 Å². The molecule has 1 spiro atoms. The number of fused-ring (bicyclic) bond motifs is 2. The highest BCUT2D eigenvalue weighted by Gasteiger charge is 2.66. The average Bonchev–Trinajstić information content (AvgIpc) is 3.41. The number of carbonyl (C=O) groups is 2. The maximum atomic E-state index is 14.6. The fraction of sp³-hybridized carbons (Fsp3) is 0.500. The molecule has 1 saturated heterocycles. The fourth-order valence-electron chi connectivity index (χ4n) is 7.02. The molecule has 1 fully saturated rings. The lowest BCUT2D eigenvalue weighted by molar-refractivity contribution is -0.149. The summed E-state index contributed by atoms with van der Waals surface area (Å²) in [6.45, 7) is 12.7. The number of nitrogens with zero attached hydrogens (tertiary/aromatic N) is 2. The maximum absolute atomic E-state index is 14.6. The highest BCUT2D eigenvalue weighted by atomic mass is 28.4. The van der Waals surface area contributed by atoms with E-state index < -0.39 is 31.5 Å². The molecule has 2 aliphatic rings. The molecule has 2 N–H and O–H groups in total. The molecular formula is C36H50N2O6Si. The summed E-state index contributed by atoms with van der Waals surface area (Å²) in [4.78, 5) is 43.5. The lowest BCUT2D eigenvalue weighted by Gasteiger charge is -2.32. The van der Waals surface area contributed by atoms with E-state index in [2.05, 4.69) is 32.9 Å². The zero-order valence-electron chi connectivity index (χ0n) is 27.9. The number of allylic oxidation sites excluding steroid dienone is 3. The summed E-state index contributed by atoms with van der Waals surface area (Å²) in [6, 6.07) is 15.3. The molecule has 9 heteroatoms. The number of hydrogen-bond donors (Lipinski definition) is 2. The van der Waals surface area contributed by atoms with Crippen LogP contribution in [0.5, 0.6) is 5.75 Å². The first-order chi connectivity index (χ1) is 21.3. The molecule has 2 heterocycles. The number of anilines is 1. The van der Waals surface area contributed by atoms with Crippen LogP contribution in [0.4, 0.5) is 5.69 Å². The van der Waals surface area contributed by atoms with Gasteiger partial charge in [0, 0.05) is 36.7 Å². The molecule has 0 saturated carbocycles. The quantitative estimate of drug-likeness (QED) is 0.209. The maximum Gasteiger partial charge on any atom is 0.264 e. The predicted octanol–water partition coefficient (Wildman–Crippen LogP) is 5.94. The van der Waals surface area contributed by atoms with Crippen molar-refractivity contribution in [3.63, 3.8) is 0 Å². The number of carbonyl (C=O) groups excluding carboxylic acids is 2. The first-order valence-electron chi connectivity index (χ1n) is 16.0. The number of aliphatic hydroxyl groups excluding tert-OH is 1. The van der Waals surface area contributed by atoms with Crippen molar-refractivity contribution in [2.24, 2.45) is 5.92 Å². The van der Waals surface area contributed by atoms with Crippen molar-refractivity contribution < 1.29 is 29.0 Å². The van der Waals surface area contributed by atoms with E-state index in [1.54, 1.807) is 16.9 Å². The van der Waals surface area contributed by atoms with E-state index in [4.69, 9.17) is 9.47 Å². The van der Waals surface area contributed by atoms with E-state index in [1.165, 1.54) is 11.1 Å². The number of rotatable bonds is 13. The second-order valence-electron chi connectivity index (χ2n) is 13.3. The Kier molecular flexibility index (Phi) is 11.1. The predicted molar refractivity (Wildman–Crippen MR) is 180 cm³/mol. The molecule has 2 amide bonds. The van der Waals surface area contributed by atoms with E-state index >= 15 is 0 Å². The molecule has 8 nitrogen and oxygen atoms in total. The van der Waals surface area contributed by atoms with Gasteiger partial charge in [-0.15, -0.1) is 0 Å². The SMILES string of the molecule is COc1ccc2c(c1)[C@@]1(O[C@H](CC(=O)N(CCO)Cc3ccccc3)[C@@H]([Si](C)(C)O)[C@@H]1C)C(=O)N2C/C=C(\C)CCC=C(C)C. The van der Waals surface area contributed by atoms with Gasteiger partial charge >= 0.3 is 0 Å². The van der Waals surface area contributed by atoms with Crippen molar-refractivity contribution in [3.8, 4) is 5.75 Å². The molecular weight excluding hydrogens is 584 g/mol. The van der Waals surface area contributed by atoms with Crippen LogP contribution in [0.3, 0.4) is 0 Å². The fourth-order valence-corrected chi connectivity index (χ4v) is 9.57. The van der Waals surface area contributed by atoms with Gasteiger partial charge in [-0.05, 0) is 70.5 Å². The molecule has 0 unspecified atom stereocenters. The number of benzene rings is 2. The Morgan fingerprint density at radius 3 is 2.47 bits per heavy atom. The molecule has 4 atom stereocenters. The topological polar surface area (TPSA) is 99.5 Å². The van der Waals surface area contributed by atoms with Gasteiger partial charge in [0.15, 0.2) is 13.9 Å². The number of hydrogen-bond acceptors (Lipinski definition) is 6. The van der Waals surface area contributed by atoms with Crippen LogP contribution in [-0.2, 0) is 26.5 Å². The van der Waals surface area contributed by atoms with E-state index in [0.29, 0.717) is 24.4 Å². The Bertz CT molecular complexity index is 1410. The minimum atomic E-state index is -2.96. The smallest absolute Gasteiger partial charge is 0.264 e. The van der Waals surface area contributed by atoms with Gasteiger partial charge in [-0.2, -0.15) is 0 Å². The van der Waals surface area contributed by atoms with Crippen LogP contribution in [0.25, 0.3) is 0 Å². The highest BCUT2D eigenvalue weighted by molar-refractivity contribution is 6.71. The molecule has 2 aromatic carbocycles. The summed E-state index contributed by atoms with van der Waals surface area (Å²) in [5, 5.41) is 9.77. The number of methoxy groups -OCH3 is 1. The molecule has 45 heavy (non-hydrogen) atoms. The van der Waals surface area contributed by atoms with E-state index in [-0.39, 0.29) is 31.4 Å². The van der Waals surface area contributed by atoms with Gasteiger partial charge in [0.2, 0.25) is 5.91 Å². The Labute approximate surface area is 269 Å². The van der Waals surface area contributed by atoms with Crippen molar-refractivity contribution in [3.05, 3.63) is 83.0 Å². The van der Waals surface area contributed by atoms with Gasteiger partial charge in [-0.25, -0.2) is 0 Å². The summed E-state index contributed by atoms with van der Waals surface area (Å²) in [5.74, 6) is -0.149. The Balaban J connectivity index is 1.69. The van der Waals surface area contributed by atoms with Gasteiger partial charge < -0.3 is 29.2 Å². The number of aliphatic hydroxyl groups is 1. The van der Waals surface area contributed by atoms with Gasteiger partial charge in [-0.3, -0.25) is 9.59 Å². The van der Waals surface area contributed by atoms with Crippen LogP contribution in [0.2, 0.25) is 18.6 Å². The number of amides is 2. The molecule has 2 aromatic rings. The van der Waals surface area contributed by atoms with Crippen molar-refractivity contribution in [2.75, 3.05) is 31.7 Å². The van der Waals surface area contributed by atoms with Crippen molar-refractivity contribution in [1.82, 2.24) is 4.90 Å². The average molecular weight is 635 g/mol.